The normalized spacial score (nSPS) is 16.4. The van der Waals surface area contributed by atoms with Crippen LogP contribution in [0.1, 0.15) is 17.8 Å². The van der Waals surface area contributed by atoms with Gasteiger partial charge in [0, 0.05) is 38.9 Å². The van der Waals surface area contributed by atoms with E-state index in [1.165, 1.54) is 88.5 Å². The summed E-state index contributed by atoms with van der Waals surface area (Å²) in [6.45, 7) is 0. The maximum Gasteiger partial charge on any atom is 0.195 e. The van der Waals surface area contributed by atoms with E-state index >= 15 is 0 Å². The van der Waals surface area contributed by atoms with Crippen molar-refractivity contribution in [3.05, 3.63) is 163 Å². The summed E-state index contributed by atoms with van der Waals surface area (Å²) in [5.41, 5.74) is 15.0. The fourth-order valence-corrected chi connectivity index (χ4v) is 8.55. The minimum atomic E-state index is 0.207. The lowest BCUT2D eigenvalue weighted by Crippen LogP contribution is -2.83. The zero-order valence-electron chi connectivity index (χ0n) is 26.1. The van der Waals surface area contributed by atoms with Gasteiger partial charge < -0.3 is 9.88 Å². The van der Waals surface area contributed by atoms with Gasteiger partial charge in [-0.25, -0.2) is 0 Å². The van der Waals surface area contributed by atoms with Crippen molar-refractivity contribution in [1.82, 2.24) is 9.13 Å². The Hall–Kier alpha value is -6.10. The minimum Gasteiger partial charge on any atom is -0.366 e. The van der Waals surface area contributed by atoms with E-state index in [4.69, 9.17) is 0 Å². The van der Waals surface area contributed by atoms with E-state index in [2.05, 4.69) is 177 Å². The number of para-hydroxylation sites is 4. The van der Waals surface area contributed by atoms with E-state index in [1.54, 1.807) is 0 Å². The Morgan fingerprint density at radius 3 is 1.92 bits per heavy atom. The van der Waals surface area contributed by atoms with Gasteiger partial charge in [-0.3, -0.25) is 9.88 Å². The van der Waals surface area contributed by atoms with Crippen LogP contribution in [0.25, 0.3) is 71.6 Å². The molecule has 2 aliphatic rings. The van der Waals surface area contributed by atoms with Gasteiger partial charge in [0.05, 0.1) is 27.8 Å². The van der Waals surface area contributed by atoms with Crippen molar-refractivity contribution in [3.63, 3.8) is 0 Å². The standard InChI is InChI=1S/C44H30N4/c1-3-12-27(13-4-1)29-22-30(28-14-5-2-6-15-28)24-31(23-29)47-39-21-10-7-16-32(39)35-25-41-36(26-40(35)47)33-17-11-18-34-42-44(48(41)43(33)34)46-38-20-9-8-19-37(38)45-42/h1-26,42,44-46H/p+1. The highest BCUT2D eigenvalue weighted by molar-refractivity contribution is 6.19. The molecule has 2 aliphatic heterocycles. The van der Waals surface area contributed by atoms with Crippen LogP contribution in [-0.2, 0) is 0 Å². The number of hydrogen-bond acceptors (Lipinski definition) is 1. The van der Waals surface area contributed by atoms with Crippen LogP contribution in [0.3, 0.4) is 0 Å². The molecule has 9 aromatic rings. The Balaban J connectivity index is 1.20. The first kappa shape index (κ1) is 26.0. The summed E-state index contributed by atoms with van der Waals surface area (Å²) in [4.78, 5) is 0. The molecule has 0 saturated heterocycles. The third kappa shape index (κ3) is 3.58. The average molecular weight is 616 g/mol. The van der Waals surface area contributed by atoms with Gasteiger partial charge in [0.15, 0.2) is 11.9 Å². The molecule has 226 valence electrons. The number of quaternary nitrogens is 1. The van der Waals surface area contributed by atoms with Gasteiger partial charge in [-0.1, -0.05) is 109 Å². The lowest BCUT2D eigenvalue weighted by Gasteiger charge is -2.29. The molecule has 0 saturated carbocycles. The van der Waals surface area contributed by atoms with Crippen molar-refractivity contribution in [1.29, 1.82) is 0 Å². The van der Waals surface area contributed by atoms with Gasteiger partial charge in [-0.15, -0.1) is 0 Å². The predicted octanol–water partition coefficient (Wildman–Crippen LogP) is 10.1. The monoisotopic (exact) mass is 615 g/mol. The summed E-state index contributed by atoms with van der Waals surface area (Å²) in [7, 11) is 0. The highest BCUT2D eigenvalue weighted by Crippen LogP contribution is 2.48. The van der Waals surface area contributed by atoms with Crippen molar-refractivity contribution >= 4 is 55.0 Å². The van der Waals surface area contributed by atoms with E-state index in [0.717, 1.165) is 0 Å². The number of anilines is 1. The number of rotatable bonds is 3. The molecule has 3 N–H and O–H groups in total. The molecule has 2 aromatic heterocycles. The number of benzene rings is 7. The Labute approximate surface area is 277 Å². The molecular weight excluding hydrogens is 585 g/mol. The van der Waals surface area contributed by atoms with Crippen molar-refractivity contribution in [2.45, 2.75) is 12.2 Å². The molecular formula is C44H31N4+. The van der Waals surface area contributed by atoms with Crippen LogP contribution in [0.4, 0.5) is 11.4 Å². The lowest BCUT2D eigenvalue weighted by atomic mass is 9.98. The second kappa shape index (κ2) is 9.71. The summed E-state index contributed by atoms with van der Waals surface area (Å²) in [5, 5.41) is 11.5. The Kier molecular flexibility index (Phi) is 5.26. The van der Waals surface area contributed by atoms with Crippen LogP contribution >= 0.6 is 0 Å². The first-order valence-electron chi connectivity index (χ1n) is 16.8. The molecule has 4 heteroatoms. The van der Waals surface area contributed by atoms with E-state index in [0.29, 0.717) is 0 Å². The molecule has 2 atom stereocenters. The van der Waals surface area contributed by atoms with E-state index in [-0.39, 0.29) is 12.2 Å². The smallest absolute Gasteiger partial charge is 0.195 e. The molecule has 0 fully saturated rings. The van der Waals surface area contributed by atoms with Crippen LogP contribution in [0.5, 0.6) is 0 Å². The summed E-state index contributed by atoms with van der Waals surface area (Å²) in [5.74, 6) is 0. The molecule has 2 unspecified atom stereocenters. The van der Waals surface area contributed by atoms with Gasteiger partial charge >= 0.3 is 0 Å². The van der Waals surface area contributed by atoms with Crippen LogP contribution in [0.15, 0.2) is 158 Å². The van der Waals surface area contributed by atoms with Crippen molar-refractivity contribution < 1.29 is 5.32 Å². The molecule has 4 heterocycles. The van der Waals surface area contributed by atoms with Crippen LogP contribution < -0.4 is 10.6 Å². The maximum absolute atomic E-state index is 3.89. The molecule has 7 aromatic carbocycles. The predicted molar refractivity (Wildman–Crippen MR) is 198 cm³/mol. The van der Waals surface area contributed by atoms with E-state index in [9.17, 15) is 0 Å². The highest BCUT2D eigenvalue weighted by Gasteiger charge is 2.42. The molecule has 0 aliphatic carbocycles. The largest absolute Gasteiger partial charge is 0.366 e. The fourth-order valence-electron chi connectivity index (χ4n) is 8.55. The molecule has 0 spiro atoms. The van der Waals surface area contributed by atoms with E-state index in [1.807, 2.05) is 0 Å². The highest BCUT2D eigenvalue weighted by atomic mass is 15.3. The van der Waals surface area contributed by atoms with Gasteiger partial charge in [-0.2, -0.15) is 0 Å². The van der Waals surface area contributed by atoms with Gasteiger partial charge in [0.1, 0.15) is 6.04 Å². The summed E-state index contributed by atoms with van der Waals surface area (Å²) in [6, 6.07) is 58.1. The quantitative estimate of drug-likeness (QED) is 0.191. The fraction of sp³-hybridized carbons (Fsp3) is 0.0455. The number of aromatic nitrogens is 2. The maximum atomic E-state index is 3.89. The molecule has 0 amide bonds. The average Bonchev–Trinajstić information content (AvgIpc) is 3.78. The lowest BCUT2D eigenvalue weighted by molar-refractivity contribution is -0.638. The molecule has 4 nitrogen and oxygen atoms in total. The second-order valence-corrected chi connectivity index (χ2v) is 13.2. The number of hydrogen-bond donors (Lipinski definition) is 2. The first-order valence-corrected chi connectivity index (χ1v) is 16.8. The Morgan fingerprint density at radius 2 is 1.12 bits per heavy atom. The second-order valence-electron chi connectivity index (χ2n) is 13.2. The van der Waals surface area contributed by atoms with Crippen LogP contribution in [0, 0.1) is 0 Å². The minimum absolute atomic E-state index is 0.207. The van der Waals surface area contributed by atoms with Crippen LogP contribution in [0.2, 0.25) is 0 Å². The van der Waals surface area contributed by atoms with Crippen LogP contribution in [-0.4, -0.2) is 9.13 Å². The molecule has 48 heavy (non-hydrogen) atoms. The summed E-state index contributed by atoms with van der Waals surface area (Å²) >= 11 is 0. The van der Waals surface area contributed by atoms with Crippen molar-refractivity contribution in [3.8, 4) is 27.9 Å². The number of nitrogens with zero attached hydrogens (tertiary/aromatic N) is 2. The zero-order chi connectivity index (χ0) is 31.3. The zero-order valence-corrected chi connectivity index (χ0v) is 26.1. The Bertz CT molecular complexity index is 2680. The van der Waals surface area contributed by atoms with E-state index < -0.39 is 0 Å². The van der Waals surface area contributed by atoms with Crippen molar-refractivity contribution in [2.24, 2.45) is 0 Å². The topological polar surface area (TPSA) is 38.5 Å². The number of nitrogens with two attached hydrogens (primary N) is 1. The first-order chi connectivity index (χ1) is 23.8. The van der Waals surface area contributed by atoms with Gasteiger partial charge in [0.2, 0.25) is 0 Å². The third-order valence-corrected chi connectivity index (χ3v) is 10.6. The third-order valence-electron chi connectivity index (χ3n) is 10.6. The molecule has 11 rings (SSSR count). The summed E-state index contributed by atoms with van der Waals surface area (Å²) in [6.07, 6.45) is 0.207. The number of nitrogens with one attached hydrogen (secondary N) is 1. The summed E-state index contributed by atoms with van der Waals surface area (Å²) < 4.78 is 5.08. The van der Waals surface area contributed by atoms with Crippen molar-refractivity contribution in [2.75, 3.05) is 5.32 Å². The number of fused-ring (bicyclic) bond motifs is 10. The van der Waals surface area contributed by atoms with Gasteiger partial charge in [-0.05, 0) is 64.7 Å². The SMILES string of the molecule is c1ccc(-c2cc(-c3ccccc3)cc(-n3c4ccccc4c4cc5c(cc43)c3cccc4c3n5C3[NH2+]c5ccccc5NC43)c2)cc1. The molecule has 0 radical (unpaired) electrons. The Morgan fingerprint density at radius 1 is 0.479 bits per heavy atom. The van der Waals surface area contributed by atoms with Gasteiger partial charge in [0.25, 0.3) is 0 Å². The molecule has 0 bridgehead atoms.